The lowest BCUT2D eigenvalue weighted by Crippen LogP contribution is -2.20. The van der Waals surface area contributed by atoms with E-state index in [9.17, 15) is 17.7 Å². The second-order valence-corrected chi connectivity index (χ2v) is 5.54. The molecule has 1 atom stereocenters. The van der Waals surface area contributed by atoms with Crippen molar-refractivity contribution in [1.29, 1.82) is 0 Å². The van der Waals surface area contributed by atoms with Gasteiger partial charge in [0.05, 0.1) is 5.69 Å². The van der Waals surface area contributed by atoms with Crippen molar-refractivity contribution >= 4 is 11.2 Å². The zero-order chi connectivity index (χ0) is 15.5. The van der Waals surface area contributed by atoms with E-state index in [2.05, 4.69) is 15.0 Å². The molecule has 0 aromatic carbocycles. The normalized spacial score (nSPS) is 13.2. The van der Waals surface area contributed by atoms with Crippen LogP contribution in [0.25, 0.3) is 0 Å². The van der Waals surface area contributed by atoms with E-state index in [-0.39, 0.29) is 16.7 Å². The standard InChI is InChI=1S/C12H12F3N3O2S/c1-8-9(6-21(19)11-17-4-5-18-11)16-3-2-10(8)20-7-12(13,14)15/h2-5H,6-7H2,1H3,(H,17,18). The van der Waals surface area contributed by atoms with Crippen LogP contribution in [0, 0.1) is 6.92 Å². The first-order valence-corrected chi connectivity index (χ1v) is 7.20. The number of nitrogens with zero attached hydrogens (tertiary/aromatic N) is 2. The number of hydrogen-bond acceptors (Lipinski definition) is 4. The SMILES string of the molecule is Cc1c(OCC(F)(F)F)ccnc1C[S+]([O-])c1ncc[nH]1. The number of rotatable bonds is 5. The molecule has 0 bridgehead atoms. The monoisotopic (exact) mass is 319 g/mol. The summed E-state index contributed by atoms with van der Waals surface area (Å²) in [5, 5.41) is 0.290. The second-order valence-electron chi connectivity index (χ2n) is 4.17. The van der Waals surface area contributed by atoms with Crippen molar-refractivity contribution < 1.29 is 22.5 Å². The molecule has 0 saturated carbocycles. The summed E-state index contributed by atoms with van der Waals surface area (Å²) in [5.41, 5.74) is 0.839. The van der Waals surface area contributed by atoms with Gasteiger partial charge in [-0.3, -0.25) is 4.98 Å². The molecule has 0 aliphatic carbocycles. The average Bonchev–Trinajstić information content (AvgIpc) is 2.92. The van der Waals surface area contributed by atoms with Crippen LogP contribution in [0.1, 0.15) is 11.3 Å². The molecule has 0 aliphatic rings. The van der Waals surface area contributed by atoms with Crippen LogP contribution in [0.5, 0.6) is 5.75 Å². The van der Waals surface area contributed by atoms with Crippen LogP contribution in [-0.4, -0.2) is 32.3 Å². The van der Waals surface area contributed by atoms with Crippen molar-refractivity contribution in [2.45, 2.75) is 24.0 Å². The van der Waals surface area contributed by atoms with Gasteiger partial charge in [0.2, 0.25) is 0 Å². The molecule has 2 rings (SSSR count). The van der Waals surface area contributed by atoms with E-state index < -0.39 is 24.0 Å². The Morgan fingerprint density at radius 1 is 1.33 bits per heavy atom. The Labute approximate surface area is 121 Å². The van der Waals surface area contributed by atoms with Crippen molar-refractivity contribution in [3.05, 3.63) is 35.9 Å². The van der Waals surface area contributed by atoms with Gasteiger partial charge in [-0.1, -0.05) is 0 Å². The number of hydrogen-bond donors (Lipinski definition) is 1. The molecule has 114 valence electrons. The lowest BCUT2D eigenvalue weighted by Gasteiger charge is -2.14. The van der Waals surface area contributed by atoms with Crippen LogP contribution in [0.4, 0.5) is 13.2 Å². The number of nitrogens with one attached hydrogen (secondary N) is 1. The first-order valence-electron chi connectivity index (χ1n) is 5.88. The van der Waals surface area contributed by atoms with Crippen molar-refractivity contribution in [3.8, 4) is 5.75 Å². The minimum Gasteiger partial charge on any atom is -0.609 e. The molecule has 9 heteroatoms. The molecule has 1 N–H and O–H groups in total. The summed E-state index contributed by atoms with van der Waals surface area (Å²) in [6, 6.07) is 1.35. The molecular formula is C12H12F3N3O2S. The second kappa shape index (κ2) is 6.35. The van der Waals surface area contributed by atoms with Crippen molar-refractivity contribution in [1.82, 2.24) is 15.0 Å². The Morgan fingerprint density at radius 3 is 2.71 bits per heavy atom. The maximum absolute atomic E-state index is 12.2. The average molecular weight is 319 g/mol. The highest BCUT2D eigenvalue weighted by Crippen LogP contribution is 2.24. The van der Waals surface area contributed by atoms with E-state index in [1.54, 1.807) is 6.92 Å². The number of aromatic amines is 1. The molecule has 21 heavy (non-hydrogen) atoms. The first-order chi connectivity index (χ1) is 9.87. The van der Waals surface area contributed by atoms with E-state index in [0.29, 0.717) is 11.3 Å². The first kappa shape index (κ1) is 15.6. The minimum atomic E-state index is -4.41. The minimum absolute atomic E-state index is 0.0442. The zero-order valence-electron chi connectivity index (χ0n) is 11.0. The van der Waals surface area contributed by atoms with Crippen LogP contribution in [-0.2, 0) is 16.9 Å². The summed E-state index contributed by atoms with van der Waals surface area (Å²) in [6.45, 7) is 0.200. The summed E-state index contributed by atoms with van der Waals surface area (Å²) in [7, 11) is 0. The highest BCUT2D eigenvalue weighted by Gasteiger charge is 2.29. The summed E-state index contributed by atoms with van der Waals surface area (Å²) >= 11 is -1.45. The smallest absolute Gasteiger partial charge is 0.422 e. The van der Waals surface area contributed by atoms with Gasteiger partial charge in [0.25, 0.3) is 0 Å². The fourth-order valence-corrected chi connectivity index (χ4v) is 2.64. The maximum Gasteiger partial charge on any atom is 0.422 e. The Hall–Kier alpha value is -1.74. The molecule has 1 unspecified atom stereocenters. The van der Waals surface area contributed by atoms with E-state index in [1.807, 2.05) is 0 Å². The number of ether oxygens (including phenoxy) is 1. The zero-order valence-corrected chi connectivity index (χ0v) is 11.8. The molecule has 2 aromatic rings. The quantitative estimate of drug-likeness (QED) is 0.859. The van der Waals surface area contributed by atoms with Gasteiger partial charge in [-0.05, 0) is 13.0 Å². The van der Waals surface area contributed by atoms with E-state index in [1.165, 1.54) is 24.7 Å². The predicted octanol–water partition coefficient (Wildman–Crippen LogP) is 2.36. The number of halogens is 3. The molecule has 2 aromatic heterocycles. The Bertz CT molecular complexity index is 590. The van der Waals surface area contributed by atoms with Crippen LogP contribution >= 0.6 is 0 Å². The summed E-state index contributed by atoms with van der Waals surface area (Å²) in [6.07, 6.45) is -0.0764. The summed E-state index contributed by atoms with van der Waals surface area (Å²) < 4.78 is 53.2. The van der Waals surface area contributed by atoms with E-state index >= 15 is 0 Å². The molecule has 5 nitrogen and oxygen atoms in total. The third-order valence-corrected chi connectivity index (χ3v) is 3.80. The highest BCUT2D eigenvalue weighted by atomic mass is 32.2. The number of pyridine rings is 1. The van der Waals surface area contributed by atoms with Crippen LogP contribution in [0.15, 0.2) is 29.8 Å². The van der Waals surface area contributed by atoms with E-state index in [0.717, 1.165) is 0 Å². The third-order valence-electron chi connectivity index (χ3n) is 2.61. The largest absolute Gasteiger partial charge is 0.609 e. The Morgan fingerprint density at radius 2 is 2.10 bits per heavy atom. The number of aromatic nitrogens is 3. The van der Waals surface area contributed by atoms with Gasteiger partial charge in [0.1, 0.15) is 5.75 Å². The molecule has 0 radical (unpaired) electrons. The molecule has 0 saturated heterocycles. The van der Waals surface area contributed by atoms with Crippen molar-refractivity contribution in [2.75, 3.05) is 6.61 Å². The van der Waals surface area contributed by atoms with E-state index in [4.69, 9.17) is 4.74 Å². The molecule has 0 spiro atoms. The van der Waals surface area contributed by atoms with Gasteiger partial charge in [-0.15, -0.1) is 0 Å². The van der Waals surface area contributed by atoms with Gasteiger partial charge in [0.15, 0.2) is 12.4 Å². The Kier molecular flexibility index (Phi) is 4.73. The van der Waals surface area contributed by atoms with Gasteiger partial charge >= 0.3 is 11.3 Å². The van der Waals surface area contributed by atoms with Crippen LogP contribution in [0.2, 0.25) is 0 Å². The van der Waals surface area contributed by atoms with Crippen molar-refractivity contribution in [2.24, 2.45) is 0 Å². The molecular weight excluding hydrogens is 307 g/mol. The van der Waals surface area contributed by atoms with Crippen molar-refractivity contribution in [3.63, 3.8) is 0 Å². The van der Waals surface area contributed by atoms with Crippen LogP contribution in [0.3, 0.4) is 0 Å². The fourth-order valence-electron chi connectivity index (χ4n) is 1.59. The highest BCUT2D eigenvalue weighted by molar-refractivity contribution is 7.90. The molecule has 0 fully saturated rings. The third kappa shape index (κ3) is 4.36. The van der Waals surface area contributed by atoms with Gasteiger partial charge < -0.3 is 14.3 Å². The number of alkyl halides is 3. The number of H-pyrrole nitrogens is 1. The summed E-state index contributed by atoms with van der Waals surface area (Å²) in [4.78, 5) is 10.6. The fraction of sp³-hybridized carbons (Fsp3) is 0.333. The Balaban J connectivity index is 2.10. The lowest BCUT2D eigenvalue weighted by molar-refractivity contribution is -0.153. The maximum atomic E-state index is 12.2. The van der Waals surface area contributed by atoms with Crippen LogP contribution < -0.4 is 4.74 Å². The van der Waals surface area contributed by atoms with Gasteiger partial charge in [0, 0.05) is 35.3 Å². The topological polar surface area (TPSA) is 73.9 Å². The molecule has 0 amide bonds. The van der Waals surface area contributed by atoms with Gasteiger partial charge in [-0.2, -0.15) is 18.2 Å². The number of imidazole rings is 1. The lowest BCUT2D eigenvalue weighted by atomic mass is 10.2. The van der Waals surface area contributed by atoms with Gasteiger partial charge in [-0.25, -0.2) is 0 Å². The predicted molar refractivity (Wildman–Crippen MR) is 69.2 cm³/mol. The molecule has 2 heterocycles. The molecule has 0 aliphatic heterocycles. The summed E-state index contributed by atoms with van der Waals surface area (Å²) in [5.74, 6) is 0.122.